The smallest absolute Gasteiger partial charge is 0.253 e. The molecule has 7 nitrogen and oxygen atoms in total. The number of carbonyl (C=O) groups is 2. The van der Waals surface area contributed by atoms with Crippen LogP contribution in [-0.4, -0.2) is 57.3 Å². The summed E-state index contributed by atoms with van der Waals surface area (Å²) < 4.78 is 1.86. The van der Waals surface area contributed by atoms with Gasteiger partial charge in [-0.05, 0) is 30.2 Å². The van der Waals surface area contributed by atoms with Gasteiger partial charge in [-0.25, -0.2) is 4.98 Å². The van der Waals surface area contributed by atoms with E-state index in [0.717, 1.165) is 32.6 Å². The zero-order valence-electron chi connectivity index (χ0n) is 18.2. The van der Waals surface area contributed by atoms with Crippen LogP contribution < -0.4 is 5.32 Å². The van der Waals surface area contributed by atoms with Gasteiger partial charge in [0.1, 0.15) is 0 Å². The van der Waals surface area contributed by atoms with E-state index in [0.29, 0.717) is 30.8 Å². The van der Waals surface area contributed by atoms with E-state index in [1.54, 1.807) is 18.6 Å². The molecule has 1 saturated heterocycles. The van der Waals surface area contributed by atoms with E-state index in [2.05, 4.69) is 39.5 Å². The van der Waals surface area contributed by atoms with Crippen molar-refractivity contribution in [2.45, 2.75) is 25.9 Å². The highest BCUT2D eigenvalue weighted by atomic mass is 16.2. The summed E-state index contributed by atoms with van der Waals surface area (Å²) in [4.78, 5) is 33.7. The molecule has 4 rings (SSSR count). The number of anilines is 1. The summed E-state index contributed by atoms with van der Waals surface area (Å²) in [7, 11) is 0. The molecule has 166 valence electrons. The Morgan fingerprint density at radius 2 is 1.84 bits per heavy atom. The molecule has 1 fully saturated rings. The molecular weight excluding hydrogens is 402 g/mol. The molecule has 1 aliphatic heterocycles. The highest BCUT2D eigenvalue weighted by molar-refractivity contribution is 5.97. The van der Waals surface area contributed by atoms with Crippen molar-refractivity contribution >= 4 is 17.5 Å². The molecule has 2 amide bonds. The zero-order chi connectivity index (χ0) is 22.2. The second kappa shape index (κ2) is 10.7. The third-order valence-electron chi connectivity index (χ3n) is 5.67. The van der Waals surface area contributed by atoms with Crippen molar-refractivity contribution in [3.8, 4) is 0 Å². The maximum Gasteiger partial charge on any atom is 0.253 e. The van der Waals surface area contributed by atoms with Gasteiger partial charge < -0.3 is 14.8 Å². The van der Waals surface area contributed by atoms with Crippen molar-refractivity contribution < 1.29 is 9.59 Å². The van der Waals surface area contributed by atoms with E-state index >= 15 is 0 Å². The van der Waals surface area contributed by atoms with E-state index in [-0.39, 0.29) is 11.8 Å². The Bertz CT molecular complexity index is 1020. The molecular formula is C25H29N5O2. The first kappa shape index (κ1) is 21.8. The number of aromatic nitrogens is 2. The summed E-state index contributed by atoms with van der Waals surface area (Å²) in [5.74, 6) is -0.0734. The summed E-state index contributed by atoms with van der Waals surface area (Å²) >= 11 is 0. The fourth-order valence-electron chi connectivity index (χ4n) is 3.96. The average Bonchev–Trinajstić information content (AvgIpc) is 3.23. The lowest BCUT2D eigenvalue weighted by Gasteiger charge is -2.22. The summed E-state index contributed by atoms with van der Waals surface area (Å²) in [6, 6.07) is 17.7. The number of aryl methyl sites for hydroxylation is 1. The maximum atomic E-state index is 13.1. The van der Waals surface area contributed by atoms with Crippen LogP contribution >= 0.6 is 0 Å². The summed E-state index contributed by atoms with van der Waals surface area (Å²) in [5.41, 5.74) is 2.55. The number of carbonyl (C=O) groups excluding carboxylic acids is 2. The summed E-state index contributed by atoms with van der Waals surface area (Å²) in [5, 5.41) is 2.90. The lowest BCUT2D eigenvalue weighted by atomic mass is 10.1. The lowest BCUT2D eigenvalue weighted by Crippen LogP contribution is -2.35. The van der Waals surface area contributed by atoms with Crippen LogP contribution in [0.15, 0.2) is 73.3 Å². The van der Waals surface area contributed by atoms with Gasteiger partial charge in [0, 0.05) is 69.3 Å². The molecule has 32 heavy (non-hydrogen) atoms. The Balaban J connectivity index is 1.31. The van der Waals surface area contributed by atoms with Crippen molar-refractivity contribution in [2.24, 2.45) is 0 Å². The van der Waals surface area contributed by atoms with Crippen molar-refractivity contribution in [1.29, 1.82) is 0 Å². The molecule has 0 radical (unpaired) electrons. The molecule has 0 saturated carbocycles. The monoisotopic (exact) mass is 431 g/mol. The first-order chi connectivity index (χ1) is 15.7. The normalized spacial score (nSPS) is 14.7. The van der Waals surface area contributed by atoms with Crippen LogP contribution in [0.5, 0.6) is 0 Å². The van der Waals surface area contributed by atoms with Crippen molar-refractivity contribution in [2.75, 3.05) is 31.5 Å². The molecule has 2 heterocycles. The third-order valence-corrected chi connectivity index (χ3v) is 5.67. The second-order valence-corrected chi connectivity index (χ2v) is 8.09. The minimum absolute atomic E-state index is 0.0149. The van der Waals surface area contributed by atoms with E-state index in [1.807, 2.05) is 39.9 Å². The number of rotatable bonds is 7. The van der Waals surface area contributed by atoms with Crippen LogP contribution in [0, 0.1) is 0 Å². The number of hydrogen-bond acceptors (Lipinski definition) is 4. The van der Waals surface area contributed by atoms with Gasteiger partial charge in [-0.15, -0.1) is 0 Å². The standard InChI is InChI=1S/C25H29N5O2/c31-24(10-14-29-15-11-26-20-29)27-23-9-4-8-22(18-23)25(32)30-13-5-12-28(16-17-30)19-21-6-2-1-3-7-21/h1-4,6-9,11,15,18,20H,5,10,12-14,16-17,19H2,(H,27,31). The molecule has 0 aliphatic carbocycles. The van der Waals surface area contributed by atoms with Gasteiger partial charge in [0.05, 0.1) is 6.33 Å². The quantitative estimate of drug-likeness (QED) is 0.623. The number of nitrogens with one attached hydrogen (secondary N) is 1. The van der Waals surface area contributed by atoms with Gasteiger partial charge >= 0.3 is 0 Å². The Labute approximate surface area is 188 Å². The largest absolute Gasteiger partial charge is 0.337 e. The predicted octanol–water partition coefficient (Wildman–Crippen LogP) is 3.26. The summed E-state index contributed by atoms with van der Waals surface area (Å²) in [6.45, 7) is 4.75. The van der Waals surface area contributed by atoms with Gasteiger partial charge in [-0.1, -0.05) is 36.4 Å². The Kier molecular flexibility index (Phi) is 7.30. The number of amides is 2. The van der Waals surface area contributed by atoms with Crippen molar-refractivity contribution in [1.82, 2.24) is 19.4 Å². The molecule has 0 bridgehead atoms. The van der Waals surface area contributed by atoms with E-state index in [1.165, 1.54) is 5.56 Å². The molecule has 2 aromatic carbocycles. The second-order valence-electron chi connectivity index (χ2n) is 8.09. The first-order valence-corrected chi connectivity index (χ1v) is 11.1. The predicted molar refractivity (Wildman–Crippen MR) is 124 cm³/mol. The SMILES string of the molecule is O=C(CCn1ccnc1)Nc1cccc(C(=O)N2CCCN(Cc3ccccc3)CC2)c1. The van der Waals surface area contributed by atoms with Gasteiger partial charge in [-0.3, -0.25) is 14.5 Å². The number of hydrogen-bond donors (Lipinski definition) is 1. The minimum atomic E-state index is -0.0883. The fourth-order valence-corrected chi connectivity index (χ4v) is 3.96. The molecule has 1 aliphatic rings. The van der Waals surface area contributed by atoms with E-state index in [9.17, 15) is 9.59 Å². The van der Waals surface area contributed by atoms with E-state index < -0.39 is 0 Å². The zero-order valence-corrected chi connectivity index (χ0v) is 18.2. The fraction of sp³-hybridized carbons (Fsp3) is 0.320. The highest BCUT2D eigenvalue weighted by Crippen LogP contribution is 2.16. The van der Waals surface area contributed by atoms with Crippen LogP contribution in [0.4, 0.5) is 5.69 Å². The molecule has 0 unspecified atom stereocenters. The summed E-state index contributed by atoms with van der Waals surface area (Å²) in [6.07, 6.45) is 6.50. The molecule has 1 aromatic heterocycles. The van der Waals surface area contributed by atoms with Gasteiger partial charge in [0.2, 0.25) is 5.91 Å². The molecule has 0 spiro atoms. The van der Waals surface area contributed by atoms with Crippen LogP contribution in [0.25, 0.3) is 0 Å². The number of nitrogens with zero attached hydrogens (tertiary/aromatic N) is 4. The Morgan fingerprint density at radius 3 is 2.66 bits per heavy atom. The number of benzene rings is 2. The minimum Gasteiger partial charge on any atom is -0.337 e. The average molecular weight is 432 g/mol. The van der Waals surface area contributed by atoms with Crippen molar-refractivity contribution in [3.63, 3.8) is 0 Å². The Morgan fingerprint density at radius 1 is 0.969 bits per heavy atom. The first-order valence-electron chi connectivity index (χ1n) is 11.1. The van der Waals surface area contributed by atoms with Gasteiger partial charge in [-0.2, -0.15) is 0 Å². The van der Waals surface area contributed by atoms with E-state index in [4.69, 9.17) is 0 Å². The van der Waals surface area contributed by atoms with Crippen LogP contribution in [0.2, 0.25) is 0 Å². The Hall–Kier alpha value is -3.45. The van der Waals surface area contributed by atoms with Gasteiger partial charge in [0.15, 0.2) is 0 Å². The molecule has 0 atom stereocenters. The number of imidazole rings is 1. The van der Waals surface area contributed by atoms with Crippen LogP contribution in [0.1, 0.15) is 28.8 Å². The topological polar surface area (TPSA) is 70.5 Å². The van der Waals surface area contributed by atoms with Gasteiger partial charge in [0.25, 0.3) is 5.91 Å². The maximum absolute atomic E-state index is 13.1. The third kappa shape index (κ3) is 6.04. The molecule has 1 N–H and O–H groups in total. The molecule has 3 aromatic rings. The van der Waals surface area contributed by atoms with Crippen molar-refractivity contribution in [3.05, 3.63) is 84.4 Å². The van der Waals surface area contributed by atoms with Crippen LogP contribution in [0.3, 0.4) is 0 Å². The lowest BCUT2D eigenvalue weighted by molar-refractivity contribution is -0.116. The molecule has 7 heteroatoms. The van der Waals surface area contributed by atoms with Crippen LogP contribution in [-0.2, 0) is 17.9 Å². The highest BCUT2D eigenvalue weighted by Gasteiger charge is 2.20.